The molecule has 146 valence electrons. The maximum atomic E-state index is 13.3. The molecular weight excluding hydrogens is 382 g/mol. The molecule has 0 spiro atoms. The first-order valence-electron chi connectivity index (χ1n) is 9.49. The van der Waals surface area contributed by atoms with Crippen LogP contribution >= 0.6 is 11.3 Å². The van der Waals surface area contributed by atoms with E-state index in [-0.39, 0.29) is 11.5 Å². The average molecular weight is 404 g/mol. The van der Waals surface area contributed by atoms with Crippen LogP contribution in [0.1, 0.15) is 24.9 Å². The summed E-state index contributed by atoms with van der Waals surface area (Å²) in [5.74, 6) is -0.224. The topological polar surface area (TPSA) is 64.0 Å². The first-order chi connectivity index (χ1) is 14.1. The zero-order chi connectivity index (χ0) is 20.4. The molecule has 1 N–H and O–H groups in total. The molecule has 4 rings (SSSR count). The van der Waals surface area contributed by atoms with Gasteiger partial charge in [-0.1, -0.05) is 49.4 Å². The highest BCUT2D eigenvalue weighted by Crippen LogP contribution is 2.30. The smallest absolute Gasteiger partial charge is 0.263 e. The minimum Gasteiger partial charge on any atom is -0.324 e. The molecule has 2 aromatic heterocycles. The molecule has 2 heterocycles. The number of benzene rings is 2. The summed E-state index contributed by atoms with van der Waals surface area (Å²) < 4.78 is 1.45. The van der Waals surface area contributed by atoms with Gasteiger partial charge in [-0.05, 0) is 36.6 Å². The van der Waals surface area contributed by atoms with Gasteiger partial charge < -0.3 is 5.32 Å². The molecule has 0 fully saturated rings. The number of nitrogens with one attached hydrogen (secondary N) is 1. The average Bonchev–Trinajstić information content (AvgIpc) is 3.16. The first-order valence-corrected chi connectivity index (χ1v) is 10.4. The lowest BCUT2D eigenvalue weighted by Crippen LogP contribution is -2.33. The molecule has 5 nitrogen and oxygen atoms in total. The number of anilines is 1. The molecule has 2 aromatic carbocycles. The minimum atomic E-state index is -0.636. The molecule has 29 heavy (non-hydrogen) atoms. The van der Waals surface area contributed by atoms with Gasteiger partial charge in [0.2, 0.25) is 5.91 Å². The molecule has 0 saturated carbocycles. The van der Waals surface area contributed by atoms with Gasteiger partial charge in [-0.2, -0.15) is 0 Å². The van der Waals surface area contributed by atoms with Gasteiger partial charge in [-0.15, -0.1) is 11.3 Å². The number of rotatable bonds is 5. The van der Waals surface area contributed by atoms with Crippen molar-refractivity contribution in [2.45, 2.75) is 26.3 Å². The predicted molar refractivity (Wildman–Crippen MR) is 118 cm³/mol. The molecule has 1 unspecified atom stereocenters. The maximum Gasteiger partial charge on any atom is 0.263 e. The van der Waals surface area contributed by atoms with Crippen LogP contribution in [-0.4, -0.2) is 15.5 Å². The summed E-state index contributed by atoms with van der Waals surface area (Å²) in [6.07, 6.45) is 1.97. The third kappa shape index (κ3) is 3.71. The minimum absolute atomic E-state index is 0.193. The van der Waals surface area contributed by atoms with Crippen LogP contribution in [0, 0.1) is 6.92 Å². The largest absolute Gasteiger partial charge is 0.324 e. The van der Waals surface area contributed by atoms with Crippen LogP contribution in [-0.2, 0) is 4.79 Å². The number of carbonyl (C=O) groups is 1. The van der Waals surface area contributed by atoms with Crippen LogP contribution in [0.3, 0.4) is 0 Å². The van der Waals surface area contributed by atoms with Gasteiger partial charge >= 0.3 is 0 Å². The molecule has 0 radical (unpaired) electrons. The number of hydrogen-bond donors (Lipinski definition) is 1. The molecule has 6 heteroatoms. The summed E-state index contributed by atoms with van der Waals surface area (Å²) in [6, 6.07) is 16.7. The molecule has 0 aliphatic rings. The van der Waals surface area contributed by atoms with Gasteiger partial charge in [0.1, 0.15) is 10.9 Å². The number of fused-ring (bicyclic) bond motifs is 1. The molecule has 4 aromatic rings. The Hall–Kier alpha value is -3.25. The second-order valence-electron chi connectivity index (χ2n) is 6.94. The highest BCUT2D eigenvalue weighted by Gasteiger charge is 2.22. The zero-order valence-electron chi connectivity index (χ0n) is 16.3. The predicted octanol–water partition coefficient (Wildman–Crippen LogP) is 5.02. The summed E-state index contributed by atoms with van der Waals surface area (Å²) in [4.78, 5) is 31.4. The van der Waals surface area contributed by atoms with E-state index in [0.717, 1.165) is 22.4 Å². The first kappa shape index (κ1) is 19.1. The Morgan fingerprint density at radius 3 is 2.69 bits per heavy atom. The zero-order valence-corrected chi connectivity index (χ0v) is 17.1. The van der Waals surface area contributed by atoms with Crippen LogP contribution in [0.25, 0.3) is 21.3 Å². The third-order valence-corrected chi connectivity index (χ3v) is 5.80. The highest BCUT2D eigenvalue weighted by molar-refractivity contribution is 7.17. The van der Waals surface area contributed by atoms with Crippen LogP contribution < -0.4 is 10.9 Å². The van der Waals surface area contributed by atoms with Crippen molar-refractivity contribution in [2.24, 2.45) is 0 Å². The summed E-state index contributed by atoms with van der Waals surface area (Å²) >= 11 is 1.44. The van der Waals surface area contributed by atoms with Gasteiger partial charge in [0.25, 0.3) is 5.56 Å². The van der Waals surface area contributed by atoms with Crippen molar-refractivity contribution in [2.75, 3.05) is 5.32 Å². The third-order valence-electron chi connectivity index (χ3n) is 4.91. The molecule has 1 atom stereocenters. The molecule has 0 saturated heterocycles. The lowest BCUT2D eigenvalue weighted by Gasteiger charge is -2.18. The lowest BCUT2D eigenvalue weighted by atomic mass is 10.1. The van der Waals surface area contributed by atoms with Crippen molar-refractivity contribution in [3.8, 4) is 11.1 Å². The number of nitrogens with zero attached hydrogens (tertiary/aromatic N) is 2. The lowest BCUT2D eigenvalue weighted by molar-refractivity contribution is -0.119. The van der Waals surface area contributed by atoms with Gasteiger partial charge in [-0.3, -0.25) is 14.2 Å². The fraction of sp³-hybridized carbons (Fsp3) is 0.174. The molecule has 1 amide bonds. The Labute approximate surface area is 172 Å². The summed E-state index contributed by atoms with van der Waals surface area (Å²) in [5, 5.41) is 5.44. The Bertz CT molecular complexity index is 1230. The monoisotopic (exact) mass is 403 g/mol. The number of carbonyl (C=O) groups excluding carboxylic acids is 1. The number of thiophene rings is 1. The van der Waals surface area contributed by atoms with Crippen LogP contribution in [0.2, 0.25) is 0 Å². The normalized spacial score (nSPS) is 12.1. The Morgan fingerprint density at radius 2 is 1.97 bits per heavy atom. The molecular formula is C23H21N3O2S. The standard InChI is InChI=1S/C23H21N3O2S/c1-3-19(21(27)25-17-11-7-8-15(2)12-17)26-14-24-22-20(23(26)28)18(13-29-22)16-9-5-4-6-10-16/h4-14,19H,3H2,1-2H3,(H,25,27). The second-order valence-corrected chi connectivity index (χ2v) is 7.79. The van der Waals surface area contributed by atoms with Crippen LogP contribution in [0.4, 0.5) is 5.69 Å². The van der Waals surface area contributed by atoms with Gasteiger partial charge in [-0.25, -0.2) is 4.98 Å². The van der Waals surface area contributed by atoms with Crippen molar-refractivity contribution < 1.29 is 4.79 Å². The highest BCUT2D eigenvalue weighted by atomic mass is 32.1. The Morgan fingerprint density at radius 1 is 1.17 bits per heavy atom. The van der Waals surface area contributed by atoms with Crippen LogP contribution in [0.5, 0.6) is 0 Å². The fourth-order valence-electron chi connectivity index (χ4n) is 3.45. The van der Waals surface area contributed by atoms with E-state index in [1.165, 1.54) is 22.2 Å². The van der Waals surface area contributed by atoms with Crippen molar-refractivity contribution in [1.29, 1.82) is 0 Å². The van der Waals surface area contributed by atoms with E-state index in [9.17, 15) is 9.59 Å². The van der Waals surface area contributed by atoms with E-state index in [4.69, 9.17) is 0 Å². The number of aromatic nitrogens is 2. The molecule has 0 aliphatic carbocycles. The SMILES string of the molecule is CCC(C(=O)Nc1cccc(C)c1)n1cnc2scc(-c3ccccc3)c2c1=O. The number of hydrogen-bond acceptors (Lipinski definition) is 4. The maximum absolute atomic E-state index is 13.3. The Balaban J connectivity index is 1.75. The second kappa shape index (κ2) is 8.01. The van der Waals surface area contributed by atoms with E-state index in [0.29, 0.717) is 16.6 Å². The van der Waals surface area contributed by atoms with Gasteiger partial charge in [0.15, 0.2) is 0 Å². The van der Waals surface area contributed by atoms with E-state index < -0.39 is 6.04 Å². The summed E-state index contributed by atoms with van der Waals surface area (Å²) in [6.45, 7) is 3.86. The van der Waals surface area contributed by atoms with Crippen molar-refractivity contribution >= 4 is 33.1 Å². The van der Waals surface area contributed by atoms with Gasteiger partial charge in [0, 0.05) is 16.6 Å². The van der Waals surface area contributed by atoms with Crippen LogP contribution in [0.15, 0.2) is 71.1 Å². The van der Waals surface area contributed by atoms with E-state index in [2.05, 4.69) is 10.3 Å². The van der Waals surface area contributed by atoms with E-state index in [1.807, 2.05) is 73.8 Å². The van der Waals surface area contributed by atoms with Crippen molar-refractivity contribution in [3.63, 3.8) is 0 Å². The molecule has 0 bridgehead atoms. The Kier molecular flexibility index (Phi) is 5.27. The summed E-state index contributed by atoms with van der Waals surface area (Å²) in [7, 11) is 0. The van der Waals surface area contributed by atoms with Gasteiger partial charge in [0.05, 0.1) is 11.7 Å². The fourth-order valence-corrected chi connectivity index (χ4v) is 4.36. The number of amides is 1. The number of aryl methyl sites for hydroxylation is 1. The van der Waals surface area contributed by atoms with Crippen molar-refractivity contribution in [3.05, 3.63) is 82.2 Å². The quantitative estimate of drug-likeness (QED) is 0.509. The van der Waals surface area contributed by atoms with E-state index in [1.54, 1.807) is 0 Å². The molecule has 0 aliphatic heterocycles. The summed E-state index contributed by atoms with van der Waals surface area (Å²) in [5.41, 5.74) is 3.40. The van der Waals surface area contributed by atoms with E-state index >= 15 is 0 Å². The van der Waals surface area contributed by atoms with Crippen molar-refractivity contribution in [1.82, 2.24) is 9.55 Å².